The number of aromatic nitrogens is 6. The van der Waals surface area contributed by atoms with Gasteiger partial charge in [0.25, 0.3) is 5.91 Å². The molecule has 4 atom stereocenters. The van der Waals surface area contributed by atoms with E-state index in [0.717, 1.165) is 25.7 Å². The van der Waals surface area contributed by atoms with E-state index in [9.17, 15) is 25.1 Å². The molecule has 3 aromatic heterocycles. The fourth-order valence-electron chi connectivity index (χ4n) is 4.73. The number of fused-ring (bicyclic) bond motifs is 2. The summed E-state index contributed by atoms with van der Waals surface area (Å²) in [5, 5.41) is 48.5. The van der Waals surface area contributed by atoms with E-state index in [2.05, 4.69) is 45.8 Å². The number of nitrogens with zero attached hydrogens (tertiary/aromatic N) is 7. The summed E-state index contributed by atoms with van der Waals surface area (Å²) in [5.41, 5.74) is 1.78. The van der Waals surface area contributed by atoms with Crippen LogP contribution in [-0.4, -0.2) is 88.8 Å². The third kappa shape index (κ3) is 5.72. The molecule has 4 heterocycles. The monoisotopic (exact) mass is 570 g/mol. The highest BCUT2D eigenvalue weighted by atomic mass is 16.6. The number of ether oxygens (including phenoxy) is 1. The highest BCUT2D eigenvalue weighted by Gasteiger charge is 2.47. The lowest BCUT2D eigenvalue weighted by atomic mass is 10.1. The van der Waals surface area contributed by atoms with Crippen molar-refractivity contribution in [3.05, 3.63) is 34.9 Å². The zero-order chi connectivity index (χ0) is 28.9. The van der Waals surface area contributed by atoms with E-state index < -0.39 is 35.4 Å². The number of hydrogen-bond donors (Lipinski definition) is 5. The first-order valence-electron chi connectivity index (χ1n) is 13.2. The van der Waals surface area contributed by atoms with E-state index in [0.29, 0.717) is 47.8 Å². The van der Waals surface area contributed by atoms with Crippen LogP contribution in [0.25, 0.3) is 22.2 Å². The van der Waals surface area contributed by atoms with Gasteiger partial charge in [-0.2, -0.15) is 0 Å². The number of aliphatic hydroxyl groups excluding tert-OH is 2. The van der Waals surface area contributed by atoms with Crippen molar-refractivity contribution >= 4 is 45.3 Å². The minimum atomic E-state index is -1.40. The predicted octanol–water partition coefficient (Wildman–Crippen LogP) is 1.11. The highest BCUT2D eigenvalue weighted by molar-refractivity contribution is 5.93. The smallest absolute Gasteiger partial charge is 0.300 e. The van der Waals surface area contributed by atoms with Gasteiger partial charge in [-0.1, -0.05) is 12.8 Å². The first-order valence-corrected chi connectivity index (χ1v) is 13.2. The molecule has 1 saturated heterocycles. The average Bonchev–Trinajstić information content (AvgIpc) is 3.69. The molecule has 0 radical (unpaired) electrons. The van der Waals surface area contributed by atoms with Crippen LogP contribution in [0.15, 0.2) is 29.4 Å². The molecular formula is C24H30N10O7. The molecule has 1 aliphatic heterocycles. The summed E-state index contributed by atoms with van der Waals surface area (Å²) in [6.45, 7) is 3.41. The number of imidazole rings is 1. The van der Waals surface area contributed by atoms with Crippen LogP contribution >= 0.6 is 0 Å². The number of carbonyl (C=O) groups excluding carboxylic acids is 1. The lowest BCUT2D eigenvalue weighted by Crippen LogP contribution is -2.42. The molecule has 0 aliphatic carbocycles. The number of nitro groups is 1. The number of nitrogens with one attached hydrogen (secondary N) is 3. The van der Waals surface area contributed by atoms with Gasteiger partial charge in [0, 0.05) is 25.7 Å². The summed E-state index contributed by atoms with van der Waals surface area (Å²) in [6, 6.07) is 2.98. The number of anilines is 2. The Morgan fingerprint density at radius 2 is 1.78 bits per heavy atom. The van der Waals surface area contributed by atoms with Crippen LogP contribution in [0.1, 0.15) is 38.8 Å². The van der Waals surface area contributed by atoms with Crippen molar-refractivity contribution in [1.82, 2.24) is 35.1 Å². The van der Waals surface area contributed by atoms with E-state index in [4.69, 9.17) is 4.74 Å². The maximum Gasteiger partial charge on any atom is 0.300 e. The Bertz CT molecular complexity index is 1530. The van der Waals surface area contributed by atoms with E-state index in [1.165, 1.54) is 23.3 Å². The first-order chi connectivity index (χ1) is 19.9. The van der Waals surface area contributed by atoms with Gasteiger partial charge >= 0.3 is 5.69 Å². The lowest BCUT2D eigenvalue weighted by Gasteiger charge is -2.16. The fourth-order valence-corrected chi connectivity index (χ4v) is 4.73. The SMILES string of the molecule is CCNC(=O)[C@H]1O[C@@H](n2cnc3c(NCCCCCCNc4ccc([N+](=O)[O-])c5nonc45)ncnc32)[C@H](O)[C@@H]1O. The van der Waals surface area contributed by atoms with Crippen molar-refractivity contribution in [2.75, 3.05) is 30.3 Å². The van der Waals surface area contributed by atoms with Crippen molar-refractivity contribution < 1.29 is 29.3 Å². The number of carbonyl (C=O) groups is 1. The molecule has 4 aromatic rings. The number of non-ortho nitro benzene ring substituents is 1. The molecule has 0 spiro atoms. The number of hydrogen-bond acceptors (Lipinski definition) is 14. The molecule has 1 aliphatic rings. The zero-order valence-corrected chi connectivity index (χ0v) is 22.1. The topological polar surface area (TPSA) is 229 Å². The molecule has 1 amide bonds. The Labute approximate surface area is 232 Å². The third-order valence-electron chi connectivity index (χ3n) is 6.78. The second-order valence-electron chi connectivity index (χ2n) is 9.49. The van der Waals surface area contributed by atoms with Gasteiger partial charge in [0.1, 0.15) is 18.5 Å². The number of unbranched alkanes of at least 4 members (excludes halogenated alkanes) is 3. The minimum absolute atomic E-state index is 0.114. The Hall–Kier alpha value is -4.48. The average molecular weight is 571 g/mol. The van der Waals surface area contributed by atoms with Gasteiger partial charge in [-0.15, -0.1) is 0 Å². The number of nitro benzene ring substituents is 1. The second-order valence-corrected chi connectivity index (χ2v) is 9.49. The standard InChI is InChI=1S/C24H30N10O7/c1-2-25-23(37)20-18(35)19(36)24(40-20)33-12-30-17-21(28-11-29-22(17)33)27-10-6-4-3-5-9-26-13-7-8-14(34(38)39)16-15(13)31-41-32-16/h7-8,11-12,18-20,24,26,35-36H,2-6,9-10H2,1H3,(H,25,37)(H,27,28,29)/t18-,19+,20-,24+/m0/s1. The maximum atomic E-state index is 12.2. The second kappa shape index (κ2) is 12.4. The Morgan fingerprint density at radius 1 is 1.02 bits per heavy atom. The van der Waals surface area contributed by atoms with Gasteiger partial charge < -0.3 is 30.9 Å². The molecular weight excluding hydrogens is 540 g/mol. The largest absolute Gasteiger partial charge is 0.387 e. The van der Waals surface area contributed by atoms with Crippen LogP contribution in [0, 0.1) is 10.1 Å². The molecule has 1 fully saturated rings. The number of aliphatic hydroxyl groups is 2. The van der Waals surface area contributed by atoms with Crippen molar-refractivity contribution in [3.8, 4) is 0 Å². The number of benzene rings is 1. The van der Waals surface area contributed by atoms with Gasteiger partial charge in [-0.05, 0) is 36.1 Å². The summed E-state index contributed by atoms with van der Waals surface area (Å²) >= 11 is 0. The lowest BCUT2D eigenvalue weighted by molar-refractivity contribution is -0.383. The van der Waals surface area contributed by atoms with E-state index >= 15 is 0 Å². The molecule has 1 aromatic carbocycles. The normalized spacial score (nSPS) is 20.5. The van der Waals surface area contributed by atoms with Gasteiger partial charge in [-0.25, -0.2) is 19.6 Å². The fraction of sp³-hybridized carbons (Fsp3) is 0.500. The van der Waals surface area contributed by atoms with Crippen LogP contribution in [0.4, 0.5) is 17.2 Å². The summed E-state index contributed by atoms with van der Waals surface area (Å²) in [4.78, 5) is 35.7. The molecule has 17 heteroatoms. The zero-order valence-electron chi connectivity index (χ0n) is 22.1. The van der Waals surface area contributed by atoms with Gasteiger partial charge in [0.05, 0.1) is 16.9 Å². The van der Waals surface area contributed by atoms with Crippen LogP contribution in [-0.2, 0) is 9.53 Å². The Kier molecular flexibility index (Phi) is 8.46. The number of amides is 1. The highest BCUT2D eigenvalue weighted by Crippen LogP contribution is 2.32. The van der Waals surface area contributed by atoms with Crippen LogP contribution in [0.5, 0.6) is 0 Å². The van der Waals surface area contributed by atoms with Crippen molar-refractivity contribution in [3.63, 3.8) is 0 Å². The van der Waals surface area contributed by atoms with Gasteiger partial charge in [-0.3, -0.25) is 19.5 Å². The molecule has 5 rings (SSSR count). The van der Waals surface area contributed by atoms with Crippen LogP contribution in [0.3, 0.4) is 0 Å². The molecule has 0 saturated carbocycles. The van der Waals surface area contributed by atoms with Crippen molar-refractivity contribution in [2.45, 2.75) is 57.1 Å². The van der Waals surface area contributed by atoms with E-state index in [-0.39, 0.29) is 11.2 Å². The van der Waals surface area contributed by atoms with E-state index in [1.807, 2.05) is 0 Å². The molecule has 5 N–H and O–H groups in total. The molecule has 0 unspecified atom stereocenters. The quantitative estimate of drug-likeness (QED) is 0.0861. The van der Waals surface area contributed by atoms with Crippen molar-refractivity contribution in [1.29, 1.82) is 0 Å². The minimum Gasteiger partial charge on any atom is -0.387 e. The van der Waals surface area contributed by atoms with Crippen LogP contribution in [0.2, 0.25) is 0 Å². The predicted molar refractivity (Wildman–Crippen MR) is 144 cm³/mol. The summed E-state index contributed by atoms with van der Waals surface area (Å²) < 4.78 is 11.8. The van der Waals surface area contributed by atoms with E-state index in [1.54, 1.807) is 13.0 Å². The summed E-state index contributed by atoms with van der Waals surface area (Å²) in [7, 11) is 0. The molecule has 17 nitrogen and oxygen atoms in total. The molecule has 41 heavy (non-hydrogen) atoms. The van der Waals surface area contributed by atoms with Gasteiger partial charge in [0.2, 0.25) is 5.52 Å². The summed E-state index contributed by atoms with van der Waals surface area (Å²) in [6.07, 6.45) is 1.44. The maximum absolute atomic E-state index is 12.2. The molecule has 218 valence electrons. The van der Waals surface area contributed by atoms with Gasteiger partial charge in [0.15, 0.2) is 34.8 Å². The van der Waals surface area contributed by atoms with Crippen molar-refractivity contribution in [2.24, 2.45) is 0 Å². The Morgan fingerprint density at radius 3 is 2.54 bits per heavy atom. The molecule has 0 bridgehead atoms. The van der Waals surface area contributed by atoms with Crippen LogP contribution < -0.4 is 16.0 Å². The summed E-state index contributed by atoms with van der Waals surface area (Å²) in [5.74, 6) is 0.0155. The first kappa shape index (κ1) is 28.1. The number of rotatable bonds is 13. The third-order valence-corrected chi connectivity index (χ3v) is 6.78. The number of likely N-dealkylation sites (N-methyl/N-ethyl adjacent to an activating group) is 1. The Balaban J connectivity index is 1.09.